The first-order valence-corrected chi connectivity index (χ1v) is 11.7. The largest absolute Gasteiger partial charge is 0.383 e. The van der Waals surface area contributed by atoms with E-state index in [1.807, 2.05) is 71.6 Å². The number of hydrogen-bond donors (Lipinski definition) is 0. The van der Waals surface area contributed by atoms with Gasteiger partial charge < -0.3 is 14.2 Å². The predicted molar refractivity (Wildman–Crippen MR) is 137 cm³/mol. The van der Waals surface area contributed by atoms with Gasteiger partial charge in [0.05, 0.1) is 19.1 Å². The van der Waals surface area contributed by atoms with E-state index in [1.54, 1.807) is 7.11 Å². The molecule has 3 aromatic carbocycles. The number of amides is 1. The third-order valence-electron chi connectivity index (χ3n) is 6.14. The summed E-state index contributed by atoms with van der Waals surface area (Å²) < 4.78 is 7.59. The highest BCUT2D eigenvalue weighted by Gasteiger charge is 2.28. The topological polar surface area (TPSA) is 34.5 Å². The summed E-state index contributed by atoms with van der Waals surface area (Å²) in [5.41, 5.74) is 5.59. The molecular weight excluding hydrogens is 420 g/mol. The molecule has 1 heterocycles. The molecule has 0 unspecified atom stereocenters. The minimum absolute atomic E-state index is 0.0811. The highest BCUT2D eigenvalue weighted by Crippen LogP contribution is 2.27. The fourth-order valence-corrected chi connectivity index (χ4v) is 4.25. The average molecular weight is 453 g/mol. The van der Waals surface area contributed by atoms with Crippen molar-refractivity contribution in [3.05, 3.63) is 131 Å². The van der Waals surface area contributed by atoms with Crippen LogP contribution in [0.3, 0.4) is 0 Å². The third kappa shape index (κ3) is 5.83. The summed E-state index contributed by atoms with van der Waals surface area (Å²) >= 11 is 0. The quantitative estimate of drug-likeness (QED) is 0.312. The summed E-state index contributed by atoms with van der Waals surface area (Å²) in [7, 11) is 1.68. The number of carbonyl (C=O) groups excluding carboxylic acids is 1. The molecule has 4 rings (SSSR count). The molecule has 34 heavy (non-hydrogen) atoms. The molecule has 0 saturated heterocycles. The molecule has 0 aliphatic carbocycles. The van der Waals surface area contributed by atoms with E-state index in [9.17, 15) is 4.79 Å². The minimum Gasteiger partial charge on any atom is -0.383 e. The zero-order valence-corrected chi connectivity index (χ0v) is 19.9. The number of ether oxygens (including phenoxy) is 1. The number of methoxy groups -OCH3 is 1. The van der Waals surface area contributed by atoms with Gasteiger partial charge in [0.2, 0.25) is 5.91 Å². The zero-order chi connectivity index (χ0) is 23.8. The van der Waals surface area contributed by atoms with Gasteiger partial charge in [0.15, 0.2) is 0 Å². The first kappa shape index (κ1) is 23.5. The molecule has 0 spiro atoms. The molecule has 0 aliphatic heterocycles. The summed E-state index contributed by atoms with van der Waals surface area (Å²) in [5, 5.41) is 0. The number of nitrogens with zero attached hydrogens (tertiary/aromatic N) is 2. The van der Waals surface area contributed by atoms with Crippen LogP contribution >= 0.6 is 0 Å². The van der Waals surface area contributed by atoms with Gasteiger partial charge in [0.25, 0.3) is 0 Å². The number of aryl methyl sites for hydroxylation is 1. The monoisotopic (exact) mass is 452 g/mol. The van der Waals surface area contributed by atoms with Crippen LogP contribution in [-0.4, -0.2) is 35.6 Å². The molecule has 0 aliphatic rings. The van der Waals surface area contributed by atoms with Gasteiger partial charge in [-0.2, -0.15) is 0 Å². The first-order valence-electron chi connectivity index (χ1n) is 11.7. The van der Waals surface area contributed by atoms with Crippen molar-refractivity contribution in [3.8, 4) is 0 Å². The van der Waals surface area contributed by atoms with Crippen LogP contribution < -0.4 is 0 Å². The van der Waals surface area contributed by atoms with Crippen molar-refractivity contribution in [2.75, 3.05) is 20.3 Å². The molecule has 0 N–H and O–H groups in total. The van der Waals surface area contributed by atoms with E-state index in [0.29, 0.717) is 19.7 Å². The molecule has 0 bridgehead atoms. The molecule has 0 fully saturated rings. The molecule has 4 aromatic rings. The Kier molecular flexibility index (Phi) is 7.95. The first-order chi connectivity index (χ1) is 16.7. The molecular formula is C30H32N2O2. The standard InChI is InChI=1S/C30H32N2O2/c1-24-15-17-25(18-16-24)22-31-19-9-14-28(31)23-32(20-21-34-2)30(33)29(26-10-5-3-6-11-26)27-12-7-4-8-13-27/h3-19,29H,20-23H2,1-2H3. The van der Waals surface area contributed by atoms with E-state index >= 15 is 0 Å². The number of aromatic nitrogens is 1. The number of rotatable bonds is 10. The van der Waals surface area contributed by atoms with Gasteiger partial charge in [-0.15, -0.1) is 0 Å². The van der Waals surface area contributed by atoms with Crippen molar-refractivity contribution in [2.45, 2.75) is 25.9 Å². The Hall–Kier alpha value is -3.63. The van der Waals surface area contributed by atoms with Crippen LogP contribution in [0, 0.1) is 6.92 Å². The minimum atomic E-state index is -0.361. The lowest BCUT2D eigenvalue weighted by molar-refractivity contribution is -0.133. The maximum absolute atomic E-state index is 14.0. The fraction of sp³-hybridized carbons (Fsp3) is 0.233. The molecule has 4 nitrogen and oxygen atoms in total. The average Bonchev–Trinajstić information content (AvgIpc) is 3.31. The summed E-state index contributed by atoms with van der Waals surface area (Å²) in [5.74, 6) is -0.280. The smallest absolute Gasteiger partial charge is 0.235 e. The number of benzene rings is 3. The summed E-state index contributed by atoms with van der Waals surface area (Å²) in [6.07, 6.45) is 2.08. The van der Waals surface area contributed by atoms with Crippen LogP contribution in [0.25, 0.3) is 0 Å². The summed E-state index contributed by atoms with van der Waals surface area (Å²) in [6.45, 7) is 4.41. The maximum atomic E-state index is 14.0. The van der Waals surface area contributed by atoms with Gasteiger partial charge in [0, 0.05) is 32.1 Å². The Morgan fingerprint density at radius 1 is 0.853 bits per heavy atom. The third-order valence-corrected chi connectivity index (χ3v) is 6.14. The van der Waals surface area contributed by atoms with Crippen molar-refractivity contribution in [1.82, 2.24) is 9.47 Å². The molecule has 1 aromatic heterocycles. The molecule has 174 valence electrons. The predicted octanol–water partition coefficient (Wildman–Crippen LogP) is 5.65. The van der Waals surface area contributed by atoms with Gasteiger partial charge in [-0.1, -0.05) is 90.5 Å². The van der Waals surface area contributed by atoms with Crippen molar-refractivity contribution >= 4 is 5.91 Å². The lowest BCUT2D eigenvalue weighted by Gasteiger charge is -2.28. The highest BCUT2D eigenvalue weighted by atomic mass is 16.5. The second kappa shape index (κ2) is 11.5. The lowest BCUT2D eigenvalue weighted by atomic mass is 9.90. The van der Waals surface area contributed by atoms with Crippen molar-refractivity contribution < 1.29 is 9.53 Å². The highest BCUT2D eigenvalue weighted by molar-refractivity contribution is 5.87. The van der Waals surface area contributed by atoms with Crippen LogP contribution in [0.4, 0.5) is 0 Å². The van der Waals surface area contributed by atoms with E-state index in [2.05, 4.69) is 48.0 Å². The summed E-state index contributed by atoms with van der Waals surface area (Å²) in [4.78, 5) is 16.0. The summed E-state index contributed by atoms with van der Waals surface area (Å²) in [6, 6.07) is 32.8. The Labute approximate surface area is 202 Å². The maximum Gasteiger partial charge on any atom is 0.235 e. The Morgan fingerprint density at radius 2 is 1.47 bits per heavy atom. The van der Waals surface area contributed by atoms with Gasteiger partial charge in [-0.05, 0) is 35.7 Å². The Morgan fingerprint density at radius 3 is 2.06 bits per heavy atom. The second-order valence-electron chi connectivity index (χ2n) is 8.62. The SMILES string of the molecule is COCCN(Cc1cccn1Cc1ccc(C)cc1)C(=O)C(c1ccccc1)c1ccccc1. The molecule has 0 radical (unpaired) electrons. The van der Waals surface area contributed by atoms with Crippen molar-refractivity contribution in [2.24, 2.45) is 0 Å². The fourth-order valence-electron chi connectivity index (χ4n) is 4.25. The number of hydrogen-bond acceptors (Lipinski definition) is 2. The van der Waals surface area contributed by atoms with Crippen LogP contribution in [0.5, 0.6) is 0 Å². The van der Waals surface area contributed by atoms with Gasteiger partial charge in [0.1, 0.15) is 0 Å². The zero-order valence-electron chi connectivity index (χ0n) is 19.9. The van der Waals surface area contributed by atoms with Gasteiger partial charge in [-0.25, -0.2) is 0 Å². The molecule has 1 amide bonds. The van der Waals surface area contributed by atoms with Crippen LogP contribution in [0.2, 0.25) is 0 Å². The van der Waals surface area contributed by atoms with Gasteiger partial charge in [-0.3, -0.25) is 4.79 Å². The van der Waals surface area contributed by atoms with Crippen molar-refractivity contribution in [1.29, 1.82) is 0 Å². The number of carbonyl (C=O) groups is 1. The Balaban J connectivity index is 1.62. The molecule has 0 atom stereocenters. The van der Waals surface area contributed by atoms with Gasteiger partial charge >= 0.3 is 0 Å². The van der Waals surface area contributed by atoms with Crippen molar-refractivity contribution in [3.63, 3.8) is 0 Å². The lowest BCUT2D eigenvalue weighted by Crippen LogP contribution is -2.38. The Bertz CT molecular complexity index is 1130. The van der Waals surface area contributed by atoms with Crippen LogP contribution in [0.1, 0.15) is 33.9 Å². The van der Waals surface area contributed by atoms with Crippen LogP contribution in [-0.2, 0) is 22.6 Å². The van der Waals surface area contributed by atoms with E-state index in [-0.39, 0.29) is 11.8 Å². The van der Waals surface area contributed by atoms with E-state index in [4.69, 9.17) is 4.74 Å². The van der Waals surface area contributed by atoms with E-state index in [1.165, 1.54) is 11.1 Å². The van der Waals surface area contributed by atoms with E-state index < -0.39 is 0 Å². The normalized spacial score (nSPS) is 11.0. The van der Waals surface area contributed by atoms with E-state index in [0.717, 1.165) is 23.4 Å². The second-order valence-corrected chi connectivity index (χ2v) is 8.62. The van der Waals surface area contributed by atoms with Crippen LogP contribution in [0.15, 0.2) is 103 Å². The molecule has 4 heteroatoms. The molecule has 0 saturated carbocycles.